The summed E-state index contributed by atoms with van der Waals surface area (Å²) < 4.78 is 49.9. The third kappa shape index (κ3) is 6.68. The molecule has 0 N–H and O–H groups in total. The predicted octanol–water partition coefficient (Wildman–Crippen LogP) is 3.45. The Morgan fingerprint density at radius 1 is 0.919 bits per heavy atom. The van der Waals surface area contributed by atoms with Gasteiger partial charge in [-0.3, -0.25) is 9.09 Å². The van der Waals surface area contributed by atoms with Gasteiger partial charge < -0.3 is 23.7 Å². The minimum atomic E-state index is -3.42. The van der Waals surface area contributed by atoms with Crippen LogP contribution in [0.25, 0.3) is 0 Å². The molecule has 202 valence electrons. The molecule has 1 fully saturated rings. The van der Waals surface area contributed by atoms with E-state index >= 15 is 0 Å². The Morgan fingerprint density at radius 2 is 1.51 bits per heavy atom. The minimum Gasteiger partial charge on any atom is -0.496 e. The van der Waals surface area contributed by atoms with E-state index in [1.165, 1.54) is 23.6 Å². The normalized spacial score (nSPS) is 19.6. The van der Waals surface area contributed by atoms with E-state index < -0.39 is 38.1 Å². The third-order valence-corrected chi connectivity index (χ3v) is 8.24. The monoisotopic (exact) mass is 536 g/mol. The van der Waals surface area contributed by atoms with Crippen molar-refractivity contribution in [2.45, 2.75) is 24.9 Å². The zero-order chi connectivity index (χ0) is 27.2. The van der Waals surface area contributed by atoms with Crippen LogP contribution >= 0.6 is 7.67 Å². The highest BCUT2D eigenvalue weighted by Crippen LogP contribution is 2.53. The lowest BCUT2D eigenvalue weighted by Crippen LogP contribution is -2.32. The Bertz CT molecular complexity index is 1090. The van der Waals surface area contributed by atoms with Crippen molar-refractivity contribution in [1.82, 2.24) is 9.34 Å². The summed E-state index contributed by atoms with van der Waals surface area (Å²) in [5.41, 5.74) is 0.467. The molecule has 0 amide bonds. The van der Waals surface area contributed by atoms with E-state index in [4.69, 9.17) is 28.2 Å². The largest absolute Gasteiger partial charge is 0.496 e. The van der Waals surface area contributed by atoms with Gasteiger partial charge in [-0.15, -0.1) is 0 Å². The van der Waals surface area contributed by atoms with Gasteiger partial charge in [-0.2, -0.15) is 0 Å². The maximum absolute atomic E-state index is 13.4. The number of rotatable bonds is 11. The molecular formula is C25H33N2O9P. The van der Waals surface area contributed by atoms with Crippen LogP contribution in [0.2, 0.25) is 0 Å². The van der Waals surface area contributed by atoms with E-state index in [-0.39, 0.29) is 30.1 Å². The van der Waals surface area contributed by atoms with Crippen LogP contribution in [0.5, 0.6) is 11.5 Å². The number of hydrogen-bond acceptors (Lipinski definition) is 9. The molecule has 12 heteroatoms. The molecule has 1 saturated heterocycles. The Labute approximate surface area is 216 Å². The zero-order valence-electron chi connectivity index (χ0n) is 21.8. The zero-order valence-corrected chi connectivity index (χ0v) is 22.7. The summed E-state index contributed by atoms with van der Waals surface area (Å²) in [4.78, 5) is 25.7. The number of methoxy groups -OCH3 is 2. The molecule has 0 aromatic heterocycles. The average Bonchev–Trinajstić information content (AvgIpc) is 3.26. The minimum absolute atomic E-state index is 0.0580. The average molecular weight is 537 g/mol. The Balaban J connectivity index is 1.81. The molecular weight excluding hydrogens is 503 g/mol. The quantitative estimate of drug-likeness (QED) is 0.311. The first kappa shape index (κ1) is 28.6. The molecule has 1 aliphatic heterocycles. The van der Waals surface area contributed by atoms with Crippen LogP contribution in [-0.2, 0) is 23.3 Å². The first-order chi connectivity index (χ1) is 17.6. The summed E-state index contributed by atoms with van der Waals surface area (Å²) in [6, 6.07) is 13.4. The molecule has 1 heterocycles. The third-order valence-electron chi connectivity index (χ3n) is 5.71. The fraction of sp³-hybridized carbons (Fsp3) is 0.440. The number of nitrogens with zero attached hydrogens (tertiary/aromatic N) is 2. The first-order valence-electron chi connectivity index (χ1n) is 11.5. The van der Waals surface area contributed by atoms with Crippen molar-refractivity contribution in [2.24, 2.45) is 0 Å². The summed E-state index contributed by atoms with van der Waals surface area (Å²) in [5, 5.41) is 0. The highest BCUT2D eigenvalue weighted by atomic mass is 31.2. The van der Waals surface area contributed by atoms with Crippen LogP contribution in [0.1, 0.15) is 27.1 Å². The van der Waals surface area contributed by atoms with Gasteiger partial charge in [-0.05, 0) is 52.5 Å². The van der Waals surface area contributed by atoms with Crippen LogP contribution in [-0.4, -0.2) is 88.8 Å². The van der Waals surface area contributed by atoms with Gasteiger partial charge >= 0.3 is 19.6 Å². The molecule has 1 aliphatic rings. The van der Waals surface area contributed by atoms with E-state index in [1.54, 1.807) is 76.7 Å². The summed E-state index contributed by atoms with van der Waals surface area (Å²) >= 11 is 0. The lowest BCUT2D eigenvalue weighted by molar-refractivity contribution is -0.101. The molecule has 37 heavy (non-hydrogen) atoms. The van der Waals surface area contributed by atoms with E-state index in [2.05, 4.69) is 0 Å². The van der Waals surface area contributed by atoms with Gasteiger partial charge in [-0.25, -0.2) is 18.9 Å². The number of carbonyl (C=O) groups excluding carboxylic acids is 2. The van der Waals surface area contributed by atoms with Crippen molar-refractivity contribution in [3.63, 3.8) is 0 Å². The molecule has 0 saturated carbocycles. The van der Waals surface area contributed by atoms with Crippen LogP contribution in [0.3, 0.4) is 0 Å². The number of benzene rings is 2. The summed E-state index contributed by atoms with van der Waals surface area (Å²) in [6.45, 7) is -0.219. The SMILES string of the molecule is COc1cccc(OC)c1C(=O)O[C@H]1C[C@@H](OP(=O)(N(C)C)N(C)C)O[C@@H]1COC(=O)c1ccccc1. The molecule has 0 aliphatic carbocycles. The second-order valence-electron chi connectivity index (χ2n) is 8.58. The van der Waals surface area contributed by atoms with Crippen LogP contribution in [0.15, 0.2) is 48.5 Å². The van der Waals surface area contributed by atoms with Gasteiger partial charge in [0.05, 0.1) is 19.8 Å². The molecule has 3 atom stereocenters. The van der Waals surface area contributed by atoms with E-state index in [0.717, 1.165) is 0 Å². The fourth-order valence-electron chi connectivity index (χ4n) is 3.78. The maximum atomic E-state index is 13.4. The second-order valence-corrected chi connectivity index (χ2v) is 11.4. The molecule has 0 radical (unpaired) electrons. The smallest absolute Gasteiger partial charge is 0.347 e. The highest BCUT2D eigenvalue weighted by Gasteiger charge is 2.44. The summed E-state index contributed by atoms with van der Waals surface area (Å²) in [7, 11) is 5.95. The number of esters is 2. The van der Waals surface area contributed by atoms with Crippen molar-refractivity contribution >= 4 is 19.6 Å². The van der Waals surface area contributed by atoms with Crippen molar-refractivity contribution in [3.05, 3.63) is 59.7 Å². The second kappa shape index (κ2) is 12.5. The van der Waals surface area contributed by atoms with Crippen molar-refractivity contribution in [2.75, 3.05) is 49.0 Å². The highest BCUT2D eigenvalue weighted by molar-refractivity contribution is 7.53. The Morgan fingerprint density at radius 3 is 2.05 bits per heavy atom. The molecule has 2 aromatic rings. The van der Waals surface area contributed by atoms with Crippen molar-refractivity contribution in [3.8, 4) is 11.5 Å². The van der Waals surface area contributed by atoms with Gasteiger partial charge in [0, 0.05) is 6.42 Å². The number of hydrogen-bond donors (Lipinski definition) is 0. The van der Waals surface area contributed by atoms with Crippen molar-refractivity contribution in [1.29, 1.82) is 0 Å². The molecule has 3 rings (SSSR count). The van der Waals surface area contributed by atoms with Gasteiger partial charge in [0.25, 0.3) is 0 Å². The van der Waals surface area contributed by atoms with Crippen LogP contribution in [0, 0.1) is 0 Å². The van der Waals surface area contributed by atoms with Crippen molar-refractivity contribution < 1.29 is 42.4 Å². The Kier molecular flexibility index (Phi) is 9.69. The van der Waals surface area contributed by atoms with Gasteiger partial charge in [0.2, 0.25) is 0 Å². The van der Waals surface area contributed by atoms with Crippen LogP contribution < -0.4 is 9.47 Å². The molecule has 2 aromatic carbocycles. The van der Waals surface area contributed by atoms with E-state index in [9.17, 15) is 14.2 Å². The number of ether oxygens (including phenoxy) is 5. The molecule has 0 spiro atoms. The van der Waals surface area contributed by atoms with Gasteiger partial charge in [-0.1, -0.05) is 24.3 Å². The predicted molar refractivity (Wildman–Crippen MR) is 135 cm³/mol. The standard InChI is InChI=1S/C25H33N2O9P/c1-26(2)37(30,27(3)4)36-22-15-20(21(34-22)16-33-24(28)17-11-8-7-9-12-17)35-25(29)23-18(31-5)13-10-14-19(23)32-6/h7-14,20-22H,15-16H2,1-6H3/t20-,21+,22+/m0/s1. The summed E-state index contributed by atoms with van der Waals surface area (Å²) in [6.07, 6.45) is -2.69. The summed E-state index contributed by atoms with van der Waals surface area (Å²) in [5.74, 6) is -0.732. The lowest BCUT2D eigenvalue weighted by atomic mass is 10.1. The molecule has 0 bridgehead atoms. The van der Waals surface area contributed by atoms with Gasteiger partial charge in [0.15, 0.2) is 6.29 Å². The van der Waals surface area contributed by atoms with E-state index in [0.29, 0.717) is 5.56 Å². The topological polar surface area (TPSA) is 113 Å². The first-order valence-corrected chi connectivity index (χ1v) is 13.1. The number of carbonyl (C=O) groups is 2. The van der Waals surface area contributed by atoms with E-state index in [1.807, 2.05) is 0 Å². The fourth-order valence-corrected chi connectivity index (χ4v) is 5.32. The molecule has 11 nitrogen and oxygen atoms in total. The maximum Gasteiger partial charge on any atom is 0.347 e. The van der Waals surface area contributed by atoms with Gasteiger partial charge in [0.1, 0.15) is 35.9 Å². The van der Waals surface area contributed by atoms with Crippen LogP contribution in [0.4, 0.5) is 0 Å². The molecule has 0 unspecified atom stereocenters. The Hall–Kier alpha value is -2.95. The lowest BCUT2D eigenvalue weighted by Gasteiger charge is -2.31.